The van der Waals surface area contributed by atoms with Gasteiger partial charge >= 0.3 is 0 Å². The minimum atomic E-state index is -0.0479. The quantitative estimate of drug-likeness (QED) is 0.673. The van der Waals surface area contributed by atoms with Crippen LogP contribution in [0.15, 0.2) is 53.8 Å². The maximum Gasteiger partial charge on any atom is 0.266 e. The molecule has 3 aromatic rings. The van der Waals surface area contributed by atoms with Gasteiger partial charge in [-0.15, -0.1) is 0 Å². The van der Waals surface area contributed by atoms with Gasteiger partial charge in [0.15, 0.2) is 0 Å². The van der Waals surface area contributed by atoms with Crippen LogP contribution in [0.2, 0.25) is 0 Å². The van der Waals surface area contributed by atoms with Crippen molar-refractivity contribution in [3.05, 3.63) is 65.0 Å². The summed E-state index contributed by atoms with van der Waals surface area (Å²) in [4.78, 5) is 18.5. The molecule has 0 atom stereocenters. The van der Waals surface area contributed by atoms with Crippen LogP contribution in [0.1, 0.15) is 5.56 Å². The van der Waals surface area contributed by atoms with E-state index in [-0.39, 0.29) is 5.56 Å². The summed E-state index contributed by atoms with van der Waals surface area (Å²) in [7, 11) is 0. The molecule has 1 fully saturated rings. The smallest absolute Gasteiger partial charge is 0.266 e. The summed E-state index contributed by atoms with van der Waals surface area (Å²) in [5.41, 5.74) is 2.91. The first-order valence-corrected chi connectivity index (χ1v) is 8.87. The maximum absolute atomic E-state index is 12.1. The Kier molecular flexibility index (Phi) is 4.62. The van der Waals surface area contributed by atoms with Gasteiger partial charge in [0, 0.05) is 55.8 Å². The molecule has 0 bridgehead atoms. The highest BCUT2D eigenvalue weighted by molar-refractivity contribution is 5.56. The number of aryl methyl sites for hydroxylation is 1. The van der Waals surface area contributed by atoms with Crippen molar-refractivity contribution in [1.29, 1.82) is 0 Å². The van der Waals surface area contributed by atoms with E-state index in [1.165, 1.54) is 5.56 Å². The van der Waals surface area contributed by atoms with Crippen LogP contribution in [0, 0.1) is 12.8 Å². The molecule has 0 amide bonds. The molecule has 1 aliphatic heterocycles. The maximum atomic E-state index is 12.1. The number of aromatic nitrogens is 5. The molecule has 0 spiro atoms. The highest BCUT2D eigenvalue weighted by atomic mass is 16.1. The largest absolute Gasteiger partial charge is 0.301 e. The third-order valence-electron chi connectivity index (χ3n) is 4.71. The Balaban J connectivity index is 1.33. The van der Waals surface area contributed by atoms with Crippen LogP contribution < -0.4 is 5.56 Å². The summed E-state index contributed by atoms with van der Waals surface area (Å²) in [5, 5.41) is 8.84. The molecule has 26 heavy (non-hydrogen) atoms. The van der Waals surface area contributed by atoms with Gasteiger partial charge < -0.3 is 4.90 Å². The van der Waals surface area contributed by atoms with E-state index in [4.69, 9.17) is 0 Å². The van der Waals surface area contributed by atoms with E-state index in [0.717, 1.165) is 37.4 Å². The average Bonchev–Trinajstić information content (AvgIpc) is 3.04. The summed E-state index contributed by atoms with van der Waals surface area (Å²) in [6, 6.07) is 7.17. The SMILES string of the molecule is Cc1cnn(CCN2CC(Cn3nc(-c4ccncc4)ccc3=O)C2)c1. The Morgan fingerprint density at radius 3 is 2.65 bits per heavy atom. The van der Waals surface area contributed by atoms with E-state index < -0.39 is 0 Å². The van der Waals surface area contributed by atoms with Crippen molar-refractivity contribution >= 4 is 0 Å². The second-order valence-electron chi connectivity index (χ2n) is 6.88. The molecular weight excluding hydrogens is 328 g/mol. The van der Waals surface area contributed by atoms with Crippen LogP contribution in [0.3, 0.4) is 0 Å². The lowest BCUT2D eigenvalue weighted by Gasteiger charge is -2.39. The number of hydrogen-bond donors (Lipinski definition) is 0. The van der Waals surface area contributed by atoms with Crippen LogP contribution in [0.4, 0.5) is 0 Å². The van der Waals surface area contributed by atoms with Crippen molar-refractivity contribution in [2.75, 3.05) is 19.6 Å². The Labute approximate surface area is 151 Å². The first-order valence-electron chi connectivity index (χ1n) is 8.87. The average molecular weight is 350 g/mol. The van der Waals surface area contributed by atoms with Gasteiger partial charge in [-0.1, -0.05) is 0 Å². The Morgan fingerprint density at radius 2 is 1.92 bits per heavy atom. The van der Waals surface area contributed by atoms with Crippen LogP contribution >= 0.6 is 0 Å². The Bertz CT molecular complexity index is 926. The molecule has 1 saturated heterocycles. The molecule has 0 radical (unpaired) electrons. The molecule has 3 aromatic heterocycles. The third kappa shape index (κ3) is 3.72. The van der Waals surface area contributed by atoms with Crippen molar-refractivity contribution in [2.24, 2.45) is 5.92 Å². The Hall–Kier alpha value is -2.80. The third-order valence-corrected chi connectivity index (χ3v) is 4.71. The molecule has 134 valence electrons. The molecule has 4 rings (SSSR count). The fraction of sp³-hybridized carbons (Fsp3) is 0.368. The summed E-state index contributed by atoms with van der Waals surface area (Å²) in [6.07, 6.45) is 7.41. The molecular formula is C19H22N6O. The number of pyridine rings is 1. The summed E-state index contributed by atoms with van der Waals surface area (Å²) in [6.45, 7) is 6.58. The van der Waals surface area contributed by atoms with E-state index in [2.05, 4.69) is 26.3 Å². The minimum absolute atomic E-state index is 0.0479. The zero-order valence-electron chi connectivity index (χ0n) is 14.8. The normalized spacial score (nSPS) is 15.1. The summed E-state index contributed by atoms with van der Waals surface area (Å²) >= 11 is 0. The summed E-state index contributed by atoms with van der Waals surface area (Å²) < 4.78 is 3.57. The second kappa shape index (κ2) is 7.21. The summed E-state index contributed by atoms with van der Waals surface area (Å²) in [5.74, 6) is 0.465. The molecule has 0 N–H and O–H groups in total. The van der Waals surface area contributed by atoms with Crippen LogP contribution in [0.5, 0.6) is 0 Å². The first-order chi connectivity index (χ1) is 12.7. The number of rotatable bonds is 6. The number of likely N-dealkylation sites (tertiary alicyclic amines) is 1. The van der Waals surface area contributed by atoms with Gasteiger partial charge in [0.2, 0.25) is 0 Å². The minimum Gasteiger partial charge on any atom is -0.301 e. The molecule has 1 aliphatic rings. The highest BCUT2D eigenvalue weighted by Crippen LogP contribution is 2.18. The van der Waals surface area contributed by atoms with Gasteiger partial charge in [0.05, 0.1) is 25.0 Å². The van der Waals surface area contributed by atoms with Gasteiger partial charge in [-0.3, -0.25) is 14.5 Å². The van der Waals surface area contributed by atoms with Crippen molar-refractivity contribution in [2.45, 2.75) is 20.0 Å². The van der Waals surface area contributed by atoms with Crippen LogP contribution in [-0.2, 0) is 13.1 Å². The van der Waals surface area contributed by atoms with Crippen LogP contribution in [0.25, 0.3) is 11.3 Å². The zero-order valence-corrected chi connectivity index (χ0v) is 14.8. The standard InChI is InChI=1S/C19H22N6O/c1-15-10-21-24(11-15)9-8-23-12-16(13-23)14-25-19(26)3-2-18(22-25)17-4-6-20-7-5-17/h2-7,10-11,16H,8-9,12-14H2,1H3. The van der Waals surface area contributed by atoms with Gasteiger partial charge in [-0.2, -0.15) is 10.2 Å². The predicted octanol–water partition coefficient (Wildman–Crippen LogP) is 1.44. The molecule has 4 heterocycles. The van der Waals surface area contributed by atoms with E-state index in [9.17, 15) is 4.79 Å². The van der Waals surface area contributed by atoms with Crippen molar-refractivity contribution < 1.29 is 0 Å². The van der Waals surface area contributed by atoms with E-state index in [0.29, 0.717) is 12.5 Å². The lowest BCUT2D eigenvalue weighted by Crippen LogP contribution is -2.50. The van der Waals surface area contributed by atoms with Gasteiger partial charge in [-0.25, -0.2) is 4.68 Å². The Morgan fingerprint density at radius 1 is 1.12 bits per heavy atom. The molecule has 0 saturated carbocycles. The topological polar surface area (TPSA) is 68.8 Å². The highest BCUT2D eigenvalue weighted by Gasteiger charge is 2.27. The number of nitrogens with zero attached hydrogens (tertiary/aromatic N) is 6. The first kappa shape index (κ1) is 16.7. The van der Waals surface area contributed by atoms with Crippen molar-refractivity contribution in [3.8, 4) is 11.3 Å². The van der Waals surface area contributed by atoms with Gasteiger partial charge in [-0.05, 0) is 30.7 Å². The fourth-order valence-corrected chi connectivity index (χ4v) is 3.31. The van der Waals surface area contributed by atoms with Crippen molar-refractivity contribution in [3.63, 3.8) is 0 Å². The monoisotopic (exact) mass is 350 g/mol. The van der Waals surface area contributed by atoms with E-state index in [1.54, 1.807) is 29.2 Å². The fourth-order valence-electron chi connectivity index (χ4n) is 3.31. The molecule has 0 aromatic carbocycles. The predicted molar refractivity (Wildman–Crippen MR) is 98.6 cm³/mol. The van der Waals surface area contributed by atoms with Crippen molar-refractivity contribution in [1.82, 2.24) is 29.4 Å². The van der Waals surface area contributed by atoms with E-state index in [1.807, 2.05) is 29.9 Å². The molecule has 0 aliphatic carbocycles. The molecule has 7 heteroatoms. The second-order valence-corrected chi connectivity index (χ2v) is 6.88. The van der Waals surface area contributed by atoms with E-state index >= 15 is 0 Å². The lowest BCUT2D eigenvalue weighted by molar-refractivity contribution is 0.0795. The van der Waals surface area contributed by atoms with Crippen LogP contribution in [-0.4, -0.2) is 49.1 Å². The number of hydrogen-bond acceptors (Lipinski definition) is 5. The van der Waals surface area contributed by atoms with Gasteiger partial charge in [0.25, 0.3) is 5.56 Å². The molecule has 0 unspecified atom stereocenters. The lowest BCUT2D eigenvalue weighted by atomic mass is 10.0. The van der Waals surface area contributed by atoms with Gasteiger partial charge in [0.1, 0.15) is 0 Å². The zero-order chi connectivity index (χ0) is 17.9. The molecule has 7 nitrogen and oxygen atoms in total.